The number of rotatable bonds is 5. The van der Waals surface area contributed by atoms with Gasteiger partial charge in [-0.05, 0) is 42.5 Å². The van der Waals surface area contributed by atoms with Crippen LogP contribution < -0.4 is 10.6 Å². The molecule has 0 aliphatic carbocycles. The van der Waals surface area contributed by atoms with Gasteiger partial charge in [-0.25, -0.2) is 9.97 Å². The lowest BCUT2D eigenvalue weighted by Crippen LogP contribution is -2.23. The van der Waals surface area contributed by atoms with Crippen LogP contribution in [0.25, 0.3) is 21.3 Å². The molecule has 5 aromatic rings. The number of hydrogen-bond acceptors (Lipinski definition) is 6. The fourth-order valence-corrected chi connectivity index (χ4v) is 3.96. The lowest BCUT2D eigenvalue weighted by Gasteiger charge is -2.03. The van der Waals surface area contributed by atoms with E-state index in [0.717, 1.165) is 37.9 Å². The van der Waals surface area contributed by atoms with Crippen LogP contribution in [0, 0.1) is 0 Å². The van der Waals surface area contributed by atoms with E-state index in [-0.39, 0.29) is 5.91 Å². The number of nitrogens with zero attached hydrogens (tertiary/aromatic N) is 3. The maximum absolute atomic E-state index is 12.6. The molecule has 0 saturated heterocycles. The molecule has 142 valence electrons. The Hall–Kier alpha value is -3.78. The molecule has 8 heteroatoms. The van der Waals surface area contributed by atoms with Crippen LogP contribution in [0.5, 0.6) is 0 Å². The van der Waals surface area contributed by atoms with Gasteiger partial charge in [0.1, 0.15) is 5.82 Å². The highest BCUT2D eigenvalue weighted by Crippen LogP contribution is 2.28. The molecular formula is C21H16N6OS. The smallest absolute Gasteiger partial charge is 0.251 e. The van der Waals surface area contributed by atoms with Gasteiger partial charge in [0.2, 0.25) is 0 Å². The van der Waals surface area contributed by atoms with E-state index in [0.29, 0.717) is 12.1 Å². The topological polar surface area (TPSA) is 95.6 Å². The summed E-state index contributed by atoms with van der Waals surface area (Å²) < 4.78 is 0.938. The normalized spacial score (nSPS) is 11.0. The summed E-state index contributed by atoms with van der Waals surface area (Å²) in [5.41, 5.74) is 4.14. The monoisotopic (exact) mass is 400 g/mol. The highest BCUT2D eigenvalue weighted by Gasteiger charge is 2.11. The zero-order valence-corrected chi connectivity index (χ0v) is 16.0. The average Bonchev–Trinajstić information content (AvgIpc) is 3.35. The number of pyridine rings is 1. The molecule has 0 unspecified atom stereocenters. The van der Waals surface area contributed by atoms with Gasteiger partial charge in [-0.1, -0.05) is 23.5 Å². The number of aromatic amines is 1. The van der Waals surface area contributed by atoms with Crippen molar-refractivity contribution in [1.82, 2.24) is 25.3 Å². The Morgan fingerprint density at radius 2 is 1.97 bits per heavy atom. The molecule has 0 saturated carbocycles. The molecule has 0 aliphatic rings. The molecule has 3 aromatic heterocycles. The van der Waals surface area contributed by atoms with E-state index < -0.39 is 0 Å². The molecule has 0 aliphatic heterocycles. The van der Waals surface area contributed by atoms with Crippen LogP contribution in [0.15, 0.2) is 67.0 Å². The third kappa shape index (κ3) is 3.65. The van der Waals surface area contributed by atoms with Gasteiger partial charge in [-0.15, -0.1) is 0 Å². The zero-order chi connectivity index (χ0) is 19.6. The Balaban J connectivity index is 1.30. The molecule has 3 N–H and O–H groups in total. The fourth-order valence-electron chi connectivity index (χ4n) is 3.03. The molecule has 0 atom stereocenters. The lowest BCUT2D eigenvalue weighted by molar-refractivity contribution is 0.0950. The van der Waals surface area contributed by atoms with Gasteiger partial charge in [0.05, 0.1) is 39.7 Å². The standard InChI is InChI=1S/C21H16N6OS/c28-20(23-12-19-25-15-5-1-2-6-16(15)26-19)13-7-8-17-18(10-13)29-21(27-17)24-14-4-3-9-22-11-14/h1-11H,12H2,(H,23,28)(H,24,27)(H,25,26). The maximum atomic E-state index is 12.6. The molecule has 7 nitrogen and oxygen atoms in total. The minimum atomic E-state index is -0.150. The lowest BCUT2D eigenvalue weighted by atomic mass is 10.2. The van der Waals surface area contributed by atoms with Crippen molar-refractivity contribution in [1.29, 1.82) is 0 Å². The quantitative estimate of drug-likeness (QED) is 0.410. The van der Waals surface area contributed by atoms with Crippen LogP contribution >= 0.6 is 11.3 Å². The number of anilines is 2. The summed E-state index contributed by atoms with van der Waals surface area (Å²) >= 11 is 1.49. The summed E-state index contributed by atoms with van der Waals surface area (Å²) in [6.45, 7) is 0.335. The molecule has 5 rings (SSSR count). The van der Waals surface area contributed by atoms with Gasteiger partial charge < -0.3 is 15.6 Å². The van der Waals surface area contributed by atoms with Gasteiger partial charge >= 0.3 is 0 Å². The Kier molecular flexibility index (Phi) is 4.38. The number of carbonyl (C=O) groups excluding carboxylic acids is 1. The molecule has 1 amide bonds. The largest absolute Gasteiger partial charge is 0.345 e. The van der Waals surface area contributed by atoms with E-state index >= 15 is 0 Å². The van der Waals surface area contributed by atoms with E-state index in [1.807, 2.05) is 48.5 Å². The summed E-state index contributed by atoms with van der Waals surface area (Å²) in [4.78, 5) is 28.9. The predicted molar refractivity (Wildman–Crippen MR) is 114 cm³/mol. The first-order chi connectivity index (χ1) is 14.2. The first kappa shape index (κ1) is 17.3. The highest BCUT2D eigenvalue weighted by molar-refractivity contribution is 7.22. The van der Waals surface area contributed by atoms with E-state index in [9.17, 15) is 4.79 Å². The Bertz CT molecular complexity index is 1280. The fraction of sp³-hybridized carbons (Fsp3) is 0.0476. The summed E-state index contributed by atoms with van der Waals surface area (Å²) in [6.07, 6.45) is 3.46. The minimum absolute atomic E-state index is 0.150. The van der Waals surface area contributed by atoms with Crippen molar-refractivity contribution in [3.8, 4) is 0 Å². The summed E-state index contributed by atoms with van der Waals surface area (Å²) in [5, 5.41) is 6.91. The maximum Gasteiger partial charge on any atom is 0.251 e. The molecular weight excluding hydrogens is 384 g/mol. The Morgan fingerprint density at radius 3 is 2.83 bits per heavy atom. The highest BCUT2D eigenvalue weighted by atomic mass is 32.1. The van der Waals surface area contributed by atoms with Gasteiger partial charge in [-0.2, -0.15) is 0 Å². The zero-order valence-electron chi connectivity index (χ0n) is 15.2. The molecule has 2 aromatic carbocycles. The van der Waals surface area contributed by atoms with Crippen molar-refractivity contribution < 1.29 is 4.79 Å². The van der Waals surface area contributed by atoms with Crippen LogP contribution in [0.2, 0.25) is 0 Å². The number of imidazole rings is 1. The molecule has 0 fully saturated rings. The Morgan fingerprint density at radius 1 is 1.03 bits per heavy atom. The van der Waals surface area contributed by atoms with Crippen LogP contribution in [0.3, 0.4) is 0 Å². The third-order valence-corrected chi connectivity index (χ3v) is 5.35. The van der Waals surface area contributed by atoms with Crippen LogP contribution in [0.1, 0.15) is 16.2 Å². The third-order valence-electron chi connectivity index (χ3n) is 4.42. The van der Waals surface area contributed by atoms with Crippen molar-refractivity contribution in [3.05, 3.63) is 78.4 Å². The summed E-state index contributed by atoms with van der Waals surface area (Å²) in [6, 6.07) is 17.1. The van der Waals surface area contributed by atoms with Crippen molar-refractivity contribution in [2.24, 2.45) is 0 Å². The molecule has 0 spiro atoms. The molecule has 0 bridgehead atoms. The summed E-state index contributed by atoms with van der Waals surface area (Å²) in [7, 11) is 0. The molecule has 29 heavy (non-hydrogen) atoms. The Labute approximate surface area is 169 Å². The number of thiazole rings is 1. The van der Waals surface area contributed by atoms with E-state index in [4.69, 9.17) is 0 Å². The van der Waals surface area contributed by atoms with Crippen molar-refractivity contribution in [2.45, 2.75) is 6.54 Å². The molecule has 3 heterocycles. The van der Waals surface area contributed by atoms with E-state index in [1.54, 1.807) is 18.5 Å². The number of amides is 1. The number of aromatic nitrogens is 4. The van der Waals surface area contributed by atoms with E-state index in [2.05, 4.69) is 30.6 Å². The van der Waals surface area contributed by atoms with E-state index in [1.165, 1.54) is 11.3 Å². The number of benzene rings is 2. The van der Waals surface area contributed by atoms with Crippen LogP contribution in [0.4, 0.5) is 10.8 Å². The van der Waals surface area contributed by atoms with Gasteiger partial charge in [0.25, 0.3) is 5.91 Å². The second-order valence-electron chi connectivity index (χ2n) is 6.45. The number of nitrogens with one attached hydrogen (secondary N) is 3. The van der Waals surface area contributed by atoms with Gasteiger partial charge in [0.15, 0.2) is 5.13 Å². The van der Waals surface area contributed by atoms with Gasteiger partial charge in [0, 0.05) is 11.8 Å². The number of fused-ring (bicyclic) bond motifs is 2. The minimum Gasteiger partial charge on any atom is -0.345 e. The SMILES string of the molecule is O=C(NCc1nc2ccccc2[nH]1)c1ccc2nc(Nc3cccnc3)sc2c1. The first-order valence-corrected chi connectivity index (χ1v) is 9.86. The molecule has 0 radical (unpaired) electrons. The van der Waals surface area contributed by atoms with Gasteiger partial charge in [-0.3, -0.25) is 9.78 Å². The van der Waals surface area contributed by atoms with Crippen molar-refractivity contribution >= 4 is 49.3 Å². The van der Waals surface area contributed by atoms with Crippen molar-refractivity contribution in [2.75, 3.05) is 5.32 Å². The average molecular weight is 400 g/mol. The van der Waals surface area contributed by atoms with Crippen LogP contribution in [-0.2, 0) is 6.54 Å². The predicted octanol–water partition coefficient (Wildman–Crippen LogP) is 4.24. The number of carbonyl (C=O) groups is 1. The van der Waals surface area contributed by atoms with Crippen LogP contribution in [-0.4, -0.2) is 25.8 Å². The van der Waals surface area contributed by atoms with Crippen molar-refractivity contribution in [3.63, 3.8) is 0 Å². The number of H-pyrrole nitrogens is 1. The second-order valence-corrected chi connectivity index (χ2v) is 7.48. The first-order valence-electron chi connectivity index (χ1n) is 9.04. The second kappa shape index (κ2) is 7.33. The summed E-state index contributed by atoms with van der Waals surface area (Å²) in [5.74, 6) is 0.573. The number of hydrogen-bond donors (Lipinski definition) is 3. The number of para-hydroxylation sites is 2.